The minimum atomic E-state index is -1.18. The molecule has 154 valence electrons. The van der Waals surface area contributed by atoms with Crippen LogP contribution >= 0.6 is 23.5 Å². The number of pyridine rings is 1. The van der Waals surface area contributed by atoms with Crippen LogP contribution in [-0.4, -0.2) is 55.7 Å². The molecule has 1 unspecified atom stereocenters. The summed E-state index contributed by atoms with van der Waals surface area (Å²) >= 11 is 2.81. The second-order valence-electron chi connectivity index (χ2n) is 7.32. The summed E-state index contributed by atoms with van der Waals surface area (Å²) in [5.41, 5.74) is -0.199. The van der Waals surface area contributed by atoms with E-state index in [4.69, 9.17) is 4.74 Å². The number of carbonyl (C=O) groups is 3. The van der Waals surface area contributed by atoms with E-state index in [2.05, 4.69) is 10.3 Å². The van der Waals surface area contributed by atoms with Crippen LogP contribution in [0.4, 0.5) is 4.79 Å². The minimum Gasteiger partial charge on any atom is -0.477 e. The van der Waals surface area contributed by atoms with Crippen LogP contribution in [0.1, 0.15) is 20.8 Å². The smallest absolute Gasteiger partial charge is 0.408 e. The van der Waals surface area contributed by atoms with Crippen molar-refractivity contribution in [1.29, 1.82) is 0 Å². The highest BCUT2D eigenvalue weighted by Gasteiger charge is 2.54. The first-order valence-electron chi connectivity index (χ1n) is 8.81. The Hall–Kier alpha value is -2.46. The lowest BCUT2D eigenvalue weighted by atomic mass is 10.0. The first kappa shape index (κ1) is 21.3. The number of β-lactam (4-membered cyclic amide) rings is 1. The van der Waals surface area contributed by atoms with E-state index in [-0.39, 0.29) is 5.70 Å². The van der Waals surface area contributed by atoms with Crippen LogP contribution in [0, 0.1) is 0 Å². The number of carbonyl (C=O) groups excluding carboxylic acids is 2. The summed E-state index contributed by atoms with van der Waals surface area (Å²) < 4.78 is 5.19. The Balaban J connectivity index is 1.71. The van der Waals surface area contributed by atoms with E-state index in [1.165, 1.54) is 28.4 Å². The van der Waals surface area contributed by atoms with Gasteiger partial charge < -0.3 is 15.2 Å². The van der Waals surface area contributed by atoms with Gasteiger partial charge in [-0.15, -0.1) is 11.8 Å². The average Bonchev–Trinajstić information content (AvgIpc) is 2.65. The topological polar surface area (TPSA) is 109 Å². The van der Waals surface area contributed by atoms with Gasteiger partial charge in [0.2, 0.25) is 0 Å². The molecular formula is C19H21N3O5S2. The number of rotatable bonds is 5. The van der Waals surface area contributed by atoms with Gasteiger partial charge in [0.1, 0.15) is 22.7 Å². The van der Waals surface area contributed by atoms with Crippen LogP contribution in [0.25, 0.3) is 0 Å². The third-order valence-corrected chi connectivity index (χ3v) is 6.07. The highest BCUT2D eigenvalue weighted by Crippen LogP contribution is 2.41. The molecule has 2 atom stereocenters. The average molecular weight is 436 g/mol. The second-order valence-corrected chi connectivity index (χ2v) is 9.41. The number of amides is 2. The van der Waals surface area contributed by atoms with E-state index >= 15 is 0 Å². The van der Waals surface area contributed by atoms with Crippen LogP contribution in [0.5, 0.6) is 0 Å². The molecule has 2 N–H and O–H groups in total. The van der Waals surface area contributed by atoms with Gasteiger partial charge in [-0.2, -0.15) is 0 Å². The van der Waals surface area contributed by atoms with Crippen molar-refractivity contribution in [2.45, 2.75) is 42.7 Å². The summed E-state index contributed by atoms with van der Waals surface area (Å²) in [6.07, 6.45) is 4.38. The maximum atomic E-state index is 12.6. The van der Waals surface area contributed by atoms with E-state index in [0.717, 1.165) is 4.90 Å². The van der Waals surface area contributed by atoms with Gasteiger partial charge in [-0.25, -0.2) is 9.59 Å². The molecule has 2 aliphatic rings. The summed E-state index contributed by atoms with van der Waals surface area (Å²) in [5.74, 6) is -1.23. The lowest BCUT2D eigenvalue weighted by Gasteiger charge is -2.49. The lowest BCUT2D eigenvalue weighted by molar-refractivity contribution is -0.149. The van der Waals surface area contributed by atoms with E-state index in [9.17, 15) is 19.5 Å². The van der Waals surface area contributed by atoms with Crippen molar-refractivity contribution in [2.75, 3.05) is 5.75 Å². The van der Waals surface area contributed by atoms with Gasteiger partial charge >= 0.3 is 12.1 Å². The first-order valence-corrected chi connectivity index (χ1v) is 10.7. The molecule has 1 aromatic rings. The number of carboxylic acid groups (broad SMARTS) is 1. The van der Waals surface area contributed by atoms with E-state index in [0.29, 0.717) is 11.3 Å². The number of nitrogens with zero attached hydrogens (tertiary/aromatic N) is 2. The number of carboxylic acids is 1. The SMILES string of the molecule is CC(C)(C)OC(=O)NC1C(=O)N2C(C(=O)O)=C(/C=C/Sc3cccnc3)CS[C@H]12. The summed E-state index contributed by atoms with van der Waals surface area (Å²) in [6, 6.07) is 2.90. The summed E-state index contributed by atoms with van der Waals surface area (Å²) in [7, 11) is 0. The van der Waals surface area contributed by atoms with Crippen LogP contribution in [0.2, 0.25) is 0 Å². The quantitative estimate of drug-likeness (QED) is 0.537. The van der Waals surface area contributed by atoms with Crippen molar-refractivity contribution >= 4 is 41.5 Å². The molecule has 3 heterocycles. The third-order valence-electron chi connectivity index (χ3n) is 3.98. The van der Waals surface area contributed by atoms with Crippen molar-refractivity contribution in [3.8, 4) is 0 Å². The molecule has 0 radical (unpaired) electrons. The van der Waals surface area contributed by atoms with Crippen LogP contribution in [0.3, 0.4) is 0 Å². The molecule has 0 aliphatic carbocycles. The number of ether oxygens (including phenoxy) is 1. The number of hydrogen-bond donors (Lipinski definition) is 2. The van der Waals surface area contributed by atoms with Crippen molar-refractivity contribution in [3.63, 3.8) is 0 Å². The summed E-state index contributed by atoms with van der Waals surface area (Å²) in [6.45, 7) is 5.18. The zero-order valence-corrected chi connectivity index (χ0v) is 17.8. The number of alkyl carbamates (subject to hydrolysis) is 1. The first-order chi connectivity index (χ1) is 13.7. The Bertz CT molecular complexity index is 880. The van der Waals surface area contributed by atoms with Gasteiger partial charge in [0.05, 0.1) is 0 Å². The summed E-state index contributed by atoms with van der Waals surface area (Å²) in [5, 5.41) is 13.5. The van der Waals surface area contributed by atoms with Gasteiger partial charge in [-0.3, -0.25) is 14.7 Å². The zero-order valence-electron chi connectivity index (χ0n) is 16.1. The number of nitrogens with one attached hydrogen (secondary N) is 1. The molecule has 29 heavy (non-hydrogen) atoms. The van der Waals surface area contributed by atoms with Gasteiger partial charge in [0, 0.05) is 23.0 Å². The fourth-order valence-electron chi connectivity index (χ4n) is 2.82. The molecule has 0 aromatic carbocycles. The number of fused-ring (bicyclic) bond motifs is 1. The molecule has 8 nitrogen and oxygen atoms in total. The maximum Gasteiger partial charge on any atom is 0.408 e. The third kappa shape index (κ3) is 4.94. The van der Waals surface area contributed by atoms with E-state index in [1.807, 2.05) is 12.1 Å². The molecule has 2 amide bonds. The van der Waals surface area contributed by atoms with E-state index in [1.54, 1.807) is 44.6 Å². The predicted molar refractivity (Wildman–Crippen MR) is 110 cm³/mol. The Labute approximate surface area is 176 Å². The number of thioether (sulfide) groups is 2. The number of allylic oxidation sites excluding steroid dienone is 1. The second kappa shape index (κ2) is 8.50. The monoisotopic (exact) mass is 435 g/mol. The minimum absolute atomic E-state index is 0.0518. The number of aromatic nitrogens is 1. The Morgan fingerprint density at radius 2 is 2.21 bits per heavy atom. The number of hydrogen-bond acceptors (Lipinski definition) is 7. The van der Waals surface area contributed by atoms with Crippen LogP contribution < -0.4 is 5.32 Å². The number of aliphatic carboxylic acids is 1. The molecule has 0 saturated carbocycles. The van der Waals surface area contributed by atoms with Crippen molar-refractivity contribution in [2.24, 2.45) is 0 Å². The lowest BCUT2D eigenvalue weighted by Crippen LogP contribution is -2.70. The van der Waals surface area contributed by atoms with Crippen molar-refractivity contribution < 1.29 is 24.2 Å². The van der Waals surface area contributed by atoms with E-state index < -0.39 is 35.0 Å². The van der Waals surface area contributed by atoms with Crippen molar-refractivity contribution in [1.82, 2.24) is 15.2 Å². The van der Waals surface area contributed by atoms with Gasteiger partial charge in [-0.05, 0) is 50.0 Å². The normalized spacial score (nSPS) is 21.6. The molecule has 1 aromatic heterocycles. The highest BCUT2D eigenvalue weighted by atomic mass is 32.2. The molecule has 1 fully saturated rings. The highest BCUT2D eigenvalue weighted by molar-refractivity contribution is 8.02. The largest absolute Gasteiger partial charge is 0.477 e. The summed E-state index contributed by atoms with van der Waals surface area (Å²) in [4.78, 5) is 42.5. The van der Waals surface area contributed by atoms with Gasteiger partial charge in [0.15, 0.2) is 0 Å². The maximum absolute atomic E-state index is 12.6. The van der Waals surface area contributed by atoms with Gasteiger partial charge in [-0.1, -0.05) is 11.8 Å². The van der Waals surface area contributed by atoms with Crippen LogP contribution in [0.15, 0.2) is 52.2 Å². The fraction of sp³-hybridized carbons (Fsp3) is 0.368. The van der Waals surface area contributed by atoms with Gasteiger partial charge in [0.25, 0.3) is 5.91 Å². The molecule has 3 rings (SSSR count). The Morgan fingerprint density at radius 1 is 1.45 bits per heavy atom. The standard InChI is InChI=1S/C19H21N3O5S2/c1-19(2,3)27-18(26)21-13-15(23)22-14(17(24)25)11(10-29-16(13)22)6-8-28-12-5-4-7-20-9-12/h4-9,13,16H,10H2,1-3H3,(H,21,26)(H,24,25)/b8-6+/t13?,16-/m1/s1. The van der Waals surface area contributed by atoms with Crippen molar-refractivity contribution in [3.05, 3.63) is 47.3 Å². The molecule has 0 bridgehead atoms. The molecule has 10 heteroatoms. The predicted octanol–water partition coefficient (Wildman–Crippen LogP) is 2.83. The molecular weight excluding hydrogens is 414 g/mol. The molecule has 2 aliphatic heterocycles. The molecule has 0 spiro atoms. The Kier molecular flexibility index (Phi) is 6.23. The Morgan fingerprint density at radius 3 is 2.83 bits per heavy atom. The molecule has 1 saturated heterocycles. The zero-order chi connectivity index (χ0) is 21.2. The fourth-order valence-corrected chi connectivity index (χ4v) is 4.80. The van der Waals surface area contributed by atoms with Crippen LogP contribution in [-0.2, 0) is 14.3 Å².